The number of nitrogens with zero attached hydrogens (tertiary/aromatic N) is 1. The van der Waals surface area contributed by atoms with Gasteiger partial charge in [0.25, 0.3) is 5.91 Å². The summed E-state index contributed by atoms with van der Waals surface area (Å²) in [5.74, 6) is -0.929. The molecular formula is C25H33N3O6. The van der Waals surface area contributed by atoms with Gasteiger partial charge in [0.05, 0.1) is 18.6 Å². The molecule has 1 aromatic carbocycles. The van der Waals surface area contributed by atoms with Crippen LogP contribution < -0.4 is 20.3 Å². The molecule has 1 saturated heterocycles. The zero-order valence-electron chi connectivity index (χ0n) is 19.4. The predicted octanol–water partition coefficient (Wildman–Crippen LogP) is 2.05. The number of amides is 1. The number of rotatable bonds is 12. The van der Waals surface area contributed by atoms with Crippen LogP contribution in [0.25, 0.3) is 0 Å². The lowest BCUT2D eigenvalue weighted by Crippen LogP contribution is -2.52. The van der Waals surface area contributed by atoms with Crippen LogP contribution in [0.5, 0.6) is 11.6 Å². The first-order valence-electron chi connectivity index (χ1n) is 11.7. The number of hydroxylamine groups is 1. The number of hydrogen-bond donors (Lipinski definition) is 4. The van der Waals surface area contributed by atoms with Gasteiger partial charge in [-0.2, -0.15) is 0 Å². The first-order chi connectivity index (χ1) is 16.5. The van der Waals surface area contributed by atoms with E-state index in [2.05, 4.69) is 10.3 Å². The maximum Gasteiger partial charge on any atom is 0.272 e. The number of carbonyl (C=O) groups excluding carboxylic acids is 2. The Hall–Kier alpha value is -3.01. The highest BCUT2D eigenvalue weighted by Gasteiger charge is 2.38. The number of pyridine rings is 1. The standard InChI is InChI=1S/C25H33N3O6/c1-2-33-18-11-9-17(10-12-18)6-5-7-20(24(30)25(31)28-32)23(29)21-16-19(13-15-26-21)34-22-8-3-4-14-27-22/h3-4,8-12,14,19-21,24,26,30,32H,2,5-7,13,15-16H2,1H3,(H,28,31)/t19?,20-,21?,24-/m0/s1. The molecular weight excluding hydrogens is 438 g/mol. The molecule has 4 N–H and O–H groups in total. The second kappa shape index (κ2) is 13.0. The van der Waals surface area contributed by atoms with Crippen molar-refractivity contribution in [3.05, 3.63) is 54.2 Å². The fourth-order valence-electron chi connectivity index (χ4n) is 4.20. The van der Waals surface area contributed by atoms with E-state index < -0.39 is 24.0 Å². The van der Waals surface area contributed by atoms with Crippen molar-refractivity contribution in [3.63, 3.8) is 0 Å². The van der Waals surface area contributed by atoms with E-state index >= 15 is 0 Å². The van der Waals surface area contributed by atoms with Gasteiger partial charge in [-0.1, -0.05) is 18.2 Å². The van der Waals surface area contributed by atoms with E-state index in [4.69, 9.17) is 14.7 Å². The quantitative estimate of drug-likeness (QED) is 0.273. The minimum absolute atomic E-state index is 0.210. The van der Waals surface area contributed by atoms with Crippen molar-refractivity contribution in [1.82, 2.24) is 15.8 Å². The van der Waals surface area contributed by atoms with Crippen LogP contribution in [-0.2, 0) is 16.0 Å². The number of piperidine rings is 1. The summed E-state index contributed by atoms with van der Waals surface area (Å²) in [6, 6.07) is 12.5. The number of aryl methyl sites for hydroxylation is 1. The number of ether oxygens (including phenoxy) is 2. The molecule has 184 valence electrons. The third-order valence-corrected chi connectivity index (χ3v) is 5.96. The lowest BCUT2D eigenvalue weighted by Gasteiger charge is -2.32. The molecule has 3 rings (SSSR count). The van der Waals surface area contributed by atoms with Crippen molar-refractivity contribution in [1.29, 1.82) is 0 Å². The van der Waals surface area contributed by atoms with Crippen molar-refractivity contribution >= 4 is 11.7 Å². The van der Waals surface area contributed by atoms with Gasteiger partial charge in [-0.25, -0.2) is 10.5 Å². The molecule has 9 nitrogen and oxygen atoms in total. The zero-order chi connectivity index (χ0) is 24.3. The van der Waals surface area contributed by atoms with Gasteiger partial charge in [0.2, 0.25) is 5.88 Å². The maximum absolute atomic E-state index is 13.3. The molecule has 1 aliphatic heterocycles. The summed E-state index contributed by atoms with van der Waals surface area (Å²) < 4.78 is 11.4. The summed E-state index contributed by atoms with van der Waals surface area (Å²) >= 11 is 0. The van der Waals surface area contributed by atoms with E-state index in [1.165, 1.54) is 5.48 Å². The highest BCUT2D eigenvalue weighted by molar-refractivity contribution is 5.92. The van der Waals surface area contributed by atoms with E-state index in [1.54, 1.807) is 18.3 Å². The molecule has 34 heavy (non-hydrogen) atoms. The third kappa shape index (κ3) is 7.24. The number of aliphatic hydroxyl groups is 1. The van der Waals surface area contributed by atoms with Gasteiger partial charge in [0.15, 0.2) is 5.78 Å². The largest absolute Gasteiger partial charge is 0.494 e. The number of ketones is 1. The van der Waals surface area contributed by atoms with Crippen molar-refractivity contribution < 1.29 is 29.4 Å². The van der Waals surface area contributed by atoms with Crippen LogP contribution in [0.3, 0.4) is 0 Å². The van der Waals surface area contributed by atoms with E-state index in [0.29, 0.717) is 51.1 Å². The summed E-state index contributed by atoms with van der Waals surface area (Å²) in [6.07, 6.45) is 2.46. The van der Waals surface area contributed by atoms with Gasteiger partial charge in [-0.3, -0.25) is 14.8 Å². The lowest BCUT2D eigenvalue weighted by atomic mass is 9.84. The molecule has 1 aliphatic rings. The normalized spacial score (nSPS) is 19.6. The second-order valence-electron chi connectivity index (χ2n) is 8.34. The van der Waals surface area contributed by atoms with Crippen LogP contribution in [0.4, 0.5) is 0 Å². The van der Waals surface area contributed by atoms with E-state index in [0.717, 1.165) is 11.3 Å². The highest BCUT2D eigenvalue weighted by atomic mass is 16.5. The van der Waals surface area contributed by atoms with Crippen LogP contribution in [0.2, 0.25) is 0 Å². The number of nitrogens with one attached hydrogen (secondary N) is 2. The molecule has 2 heterocycles. The van der Waals surface area contributed by atoms with Crippen molar-refractivity contribution in [3.8, 4) is 11.6 Å². The van der Waals surface area contributed by atoms with Crippen LogP contribution in [-0.4, -0.2) is 58.4 Å². The van der Waals surface area contributed by atoms with Crippen LogP contribution in [0.1, 0.15) is 38.2 Å². The molecule has 0 saturated carbocycles. The molecule has 2 aromatic rings. The Morgan fingerprint density at radius 3 is 2.71 bits per heavy atom. The topological polar surface area (TPSA) is 130 Å². The number of benzene rings is 1. The average Bonchev–Trinajstić information content (AvgIpc) is 2.87. The van der Waals surface area contributed by atoms with Crippen molar-refractivity contribution in [2.45, 2.75) is 57.3 Å². The Morgan fingerprint density at radius 1 is 1.24 bits per heavy atom. The van der Waals surface area contributed by atoms with E-state index in [1.807, 2.05) is 37.3 Å². The van der Waals surface area contributed by atoms with E-state index in [9.17, 15) is 14.7 Å². The number of aliphatic hydroxyl groups excluding tert-OH is 1. The molecule has 4 atom stereocenters. The first-order valence-corrected chi connectivity index (χ1v) is 11.7. The second-order valence-corrected chi connectivity index (χ2v) is 8.34. The minimum atomic E-state index is -1.64. The summed E-state index contributed by atoms with van der Waals surface area (Å²) in [7, 11) is 0. The van der Waals surface area contributed by atoms with Gasteiger partial charge in [-0.15, -0.1) is 0 Å². The lowest BCUT2D eigenvalue weighted by molar-refractivity contribution is -0.146. The van der Waals surface area contributed by atoms with Crippen molar-refractivity contribution in [2.24, 2.45) is 5.92 Å². The maximum atomic E-state index is 13.3. The van der Waals surface area contributed by atoms with Crippen LogP contribution >= 0.6 is 0 Å². The van der Waals surface area contributed by atoms with Gasteiger partial charge < -0.3 is 19.9 Å². The molecule has 0 bridgehead atoms. The van der Waals surface area contributed by atoms with Gasteiger partial charge in [0.1, 0.15) is 18.0 Å². The van der Waals surface area contributed by atoms with Crippen LogP contribution in [0.15, 0.2) is 48.7 Å². The average molecular weight is 472 g/mol. The number of hydrogen-bond acceptors (Lipinski definition) is 8. The van der Waals surface area contributed by atoms with Gasteiger partial charge >= 0.3 is 0 Å². The molecule has 1 amide bonds. The molecule has 2 unspecified atom stereocenters. The number of carbonyl (C=O) groups is 2. The minimum Gasteiger partial charge on any atom is -0.494 e. The fourth-order valence-corrected chi connectivity index (χ4v) is 4.20. The molecule has 9 heteroatoms. The van der Waals surface area contributed by atoms with Gasteiger partial charge in [-0.05, 0) is 62.9 Å². The molecule has 1 aromatic heterocycles. The van der Waals surface area contributed by atoms with Gasteiger partial charge in [0, 0.05) is 18.7 Å². The predicted molar refractivity (Wildman–Crippen MR) is 125 cm³/mol. The van der Waals surface area contributed by atoms with E-state index in [-0.39, 0.29) is 11.9 Å². The molecule has 1 fully saturated rings. The Morgan fingerprint density at radius 2 is 2.03 bits per heavy atom. The monoisotopic (exact) mass is 471 g/mol. The molecule has 0 aliphatic carbocycles. The SMILES string of the molecule is CCOc1ccc(CCC[C@@H](C(=O)C2CC(Oc3ccccn3)CCN2)[C@H](O)C(=O)NO)cc1. The Labute approximate surface area is 199 Å². The zero-order valence-corrected chi connectivity index (χ0v) is 19.4. The highest BCUT2D eigenvalue weighted by Crippen LogP contribution is 2.23. The van der Waals surface area contributed by atoms with Crippen LogP contribution in [0, 0.1) is 5.92 Å². The first kappa shape index (κ1) is 25.6. The Kier molecular flexibility index (Phi) is 9.81. The Bertz CT molecular complexity index is 909. The molecule has 0 spiro atoms. The fraction of sp³-hybridized carbons (Fsp3) is 0.480. The number of Topliss-reactive ketones (excluding diaryl/α,β-unsaturated/α-hetero) is 1. The molecule has 0 radical (unpaired) electrons. The van der Waals surface area contributed by atoms with Crippen molar-refractivity contribution in [2.75, 3.05) is 13.2 Å². The summed E-state index contributed by atoms with van der Waals surface area (Å²) in [5.41, 5.74) is 2.53. The Balaban J connectivity index is 1.61. The summed E-state index contributed by atoms with van der Waals surface area (Å²) in [6.45, 7) is 3.08. The third-order valence-electron chi connectivity index (χ3n) is 5.96. The summed E-state index contributed by atoms with van der Waals surface area (Å²) in [5, 5.41) is 22.7. The summed E-state index contributed by atoms with van der Waals surface area (Å²) in [4.78, 5) is 29.5. The number of aromatic nitrogens is 1. The smallest absolute Gasteiger partial charge is 0.272 e.